The molecule has 2 nitrogen and oxygen atoms in total. The van der Waals surface area contributed by atoms with Gasteiger partial charge in [-0.15, -0.1) is 0 Å². The van der Waals surface area contributed by atoms with Crippen LogP contribution < -0.4 is 0 Å². The largest absolute Gasteiger partial charge is 0.454 e. The average Bonchev–Trinajstić information content (AvgIpc) is 2.77. The minimum atomic E-state index is 0.762. The molecule has 2 aromatic heterocycles. The van der Waals surface area contributed by atoms with Crippen LogP contribution in [0.4, 0.5) is 0 Å². The second-order valence-electron chi connectivity index (χ2n) is 4.25. The fourth-order valence-corrected chi connectivity index (χ4v) is 2.69. The number of nitrogens with zero attached hydrogens (tertiary/aromatic N) is 1. The molecule has 0 fully saturated rings. The van der Waals surface area contributed by atoms with Gasteiger partial charge in [-0.2, -0.15) is 0 Å². The summed E-state index contributed by atoms with van der Waals surface area (Å²) in [7, 11) is 0. The minimum Gasteiger partial charge on any atom is -0.454 e. The molecule has 4 aromatic rings. The highest BCUT2D eigenvalue weighted by atomic mass is 35.5. The van der Waals surface area contributed by atoms with Gasteiger partial charge in [-0.05, 0) is 29.7 Å². The van der Waals surface area contributed by atoms with Crippen LogP contribution in [0.25, 0.3) is 32.7 Å². The Morgan fingerprint density at radius 1 is 0.889 bits per heavy atom. The molecule has 4 rings (SSSR count). The lowest BCUT2D eigenvalue weighted by Gasteiger charge is -2.01. The van der Waals surface area contributed by atoms with Crippen molar-refractivity contribution in [1.29, 1.82) is 0 Å². The van der Waals surface area contributed by atoms with Gasteiger partial charge in [-0.3, -0.25) is 4.98 Å². The lowest BCUT2D eigenvalue weighted by molar-refractivity contribution is 0.667. The summed E-state index contributed by atoms with van der Waals surface area (Å²) in [6.45, 7) is 0. The second kappa shape index (κ2) is 3.47. The molecule has 0 aliphatic carbocycles. The zero-order valence-corrected chi connectivity index (χ0v) is 10.1. The number of pyridine rings is 1. The summed E-state index contributed by atoms with van der Waals surface area (Å²) in [6, 6.07) is 11.9. The predicted molar refractivity (Wildman–Crippen MR) is 74.0 cm³/mol. The lowest BCUT2D eigenvalue weighted by atomic mass is 10.0. The van der Waals surface area contributed by atoms with Gasteiger partial charge in [0.2, 0.25) is 0 Å². The van der Waals surface area contributed by atoms with Gasteiger partial charge in [0.25, 0.3) is 0 Å². The van der Waals surface area contributed by atoms with Gasteiger partial charge in [-0.25, -0.2) is 0 Å². The van der Waals surface area contributed by atoms with Crippen molar-refractivity contribution < 1.29 is 4.42 Å². The van der Waals surface area contributed by atoms with Crippen molar-refractivity contribution in [3.8, 4) is 0 Å². The van der Waals surface area contributed by atoms with Crippen molar-refractivity contribution in [3.63, 3.8) is 0 Å². The van der Waals surface area contributed by atoms with E-state index in [0.717, 1.165) is 37.7 Å². The Balaban J connectivity index is 2.37. The summed E-state index contributed by atoms with van der Waals surface area (Å²) in [6.07, 6.45) is 3.52. The number of aromatic nitrogens is 1. The van der Waals surface area contributed by atoms with E-state index in [1.54, 1.807) is 12.4 Å². The Morgan fingerprint density at radius 3 is 2.78 bits per heavy atom. The summed E-state index contributed by atoms with van der Waals surface area (Å²) in [5, 5.41) is 5.11. The van der Waals surface area contributed by atoms with Crippen molar-refractivity contribution in [2.45, 2.75) is 0 Å². The number of fused-ring (bicyclic) bond motifs is 5. The van der Waals surface area contributed by atoms with Crippen LogP contribution in [0, 0.1) is 0 Å². The van der Waals surface area contributed by atoms with Crippen LogP contribution in [-0.4, -0.2) is 4.98 Å². The molecule has 0 amide bonds. The molecule has 0 saturated carbocycles. The fourth-order valence-electron chi connectivity index (χ4n) is 2.45. The van der Waals surface area contributed by atoms with E-state index in [4.69, 9.17) is 16.0 Å². The smallest absolute Gasteiger partial charge is 0.153 e. The highest BCUT2D eigenvalue weighted by molar-refractivity contribution is 6.37. The maximum absolute atomic E-state index is 6.23. The molecule has 0 unspecified atom stereocenters. The maximum Gasteiger partial charge on any atom is 0.153 e. The fraction of sp³-hybridized carbons (Fsp3) is 0. The van der Waals surface area contributed by atoms with Gasteiger partial charge < -0.3 is 4.42 Å². The normalized spacial score (nSPS) is 11.6. The molecule has 0 aliphatic heterocycles. The summed E-state index contributed by atoms with van der Waals surface area (Å²) in [5.74, 6) is 0. The topological polar surface area (TPSA) is 26.0 Å². The Hall–Kier alpha value is -2.06. The Morgan fingerprint density at radius 2 is 1.83 bits per heavy atom. The summed E-state index contributed by atoms with van der Waals surface area (Å²) in [5.41, 5.74) is 1.67. The van der Waals surface area contributed by atoms with Crippen molar-refractivity contribution in [2.75, 3.05) is 0 Å². The first kappa shape index (κ1) is 9.92. The Kier molecular flexibility index (Phi) is 1.91. The number of rotatable bonds is 0. The molecule has 18 heavy (non-hydrogen) atoms. The predicted octanol–water partition coefficient (Wildman–Crippen LogP) is 4.79. The van der Waals surface area contributed by atoms with Crippen molar-refractivity contribution >= 4 is 44.3 Å². The van der Waals surface area contributed by atoms with Crippen LogP contribution in [0.2, 0.25) is 5.02 Å². The van der Waals surface area contributed by atoms with Crippen LogP contribution in [0.15, 0.2) is 53.2 Å². The van der Waals surface area contributed by atoms with Crippen LogP contribution in [0.3, 0.4) is 0 Å². The minimum absolute atomic E-state index is 0.762. The van der Waals surface area contributed by atoms with E-state index in [0.29, 0.717) is 0 Å². The number of benzene rings is 2. The highest BCUT2D eigenvalue weighted by Crippen LogP contribution is 2.36. The molecule has 0 saturated heterocycles. The lowest BCUT2D eigenvalue weighted by Crippen LogP contribution is -1.76. The van der Waals surface area contributed by atoms with Crippen LogP contribution in [-0.2, 0) is 0 Å². The van der Waals surface area contributed by atoms with E-state index < -0.39 is 0 Å². The number of furan rings is 1. The van der Waals surface area contributed by atoms with Gasteiger partial charge in [0.1, 0.15) is 5.58 Å². The van der Waals surface area contributed by atoms with Gasteiger partial charge in [0.05, 0.1) is 6.20 Å². The molecule has 0 spiro atoms. The van der Waals surface area contributed by atoms with Crippen molar-refractivity contribution in [3.05, 3.63) is 53.8 Å². The molecule has 86 valence electrons. The molecule has 3 heteroatoms. The zero-order valence-electron chi connectivity index (χ0n) is 9.35. The molecule has 0 radical (unpaired) electrons. The monoisotopic (exact) mass is 253 g/mol. The van der Waals surface area contributed by atoms with Gasteiger partial charge in [0, 0.05) is 27.4 Å². The first-order chi connectivity index (χ1) is 8.84. The number of halogens is 1. The van der Waals surface area contributed by atoms with E-state index >= 15 is 0 Å². The summed E-state index contributed by atoms with van der Waals surface area (Å²) >= 11 is 6.23. The van der Waals surface area contributed by atoms with Crippen LogP contribution in [0.5, 0.6) is 0 Å². The SMILES string of the molecule is Clc1cccc2c1ccc1oc3cnccc3c12. The van der Waals surface area contributed by atoms with Gasteiger partial charge in [-0.1, -0.05) is 23.7 Å². The second-order valence-corrected chi connectivity index (χ2v) is 4.65. The highest BCUT2D eigenvalue weighted by Gasteiger charge is 2.10. The van der Waals surface area contributed by atoms with Gasteiger partial charge >= 0.3 is 0 Å². The van der Waals surface area contributed by atoms with E-state index in [2.05, 4.69) is 11.1 Å². The molecule has 0 atom stereocenters. The van der Waals surface area contributed by atoms with Crippen molar-refractivity contribution in [1.82, 2.24) is 4.98 Å². The third-order valence-corrected chi connectivity index (χ3v) is 3.57. The maximum atomic E-state index is 6.23. The van der Waals surface area contributed by atoms with E-state index in [1.807, 2.05) is 30.3 Å². The first-order valence-corrected chi connectivity index (χ1v) is 6.06. The average molecular weight is 254 g/mol. The quantitative estimate of drug-likeness (QED) is 0.450. The van der Waals surface area contributed by atoms with E-state index in [-0.39, 0.29) is 0 Å². The van der Waals surface area contributed by atoms with Crippen LogP contribution in [0.1, 0.15) is 0 Å². The third-order valence-electron chi connectivity index (χ3n) is 3.24. The number of hydrogen-bond acceptors (Lipinski definition) is 2. The molecule has 0 bridgehead atoms. The van der Waals surface area contributed by atoms with E-state index in [1.165, 1.54) is 0 Å². The summed E-state index contributed by atoms with van der Waals surface area (Å²) in [4.78, 5) is 4.09. The molecular weight excluding hydrogens is 246 g/mol. The molecule has 2 heterocycles. The molecule has 2 aromatic carbocycles. The molecule has 0 aliphatic rings. The molecule has 0 N–H and O–H groups in total. The van der Waals surface area contributed by atoms with Gasteiger partial charge in [0.15, 0.2) is 5.58 Å². The molecular formula is C15H8ClNO. The van der Waals surface area contributed by atoms with E-state index in [9.17, 15) is 0 Å². The Bertz CT molecular complexity index is 895. The third kappa shape index (κ3) is 1.21. The van der Waals surface area contributed by atoms with Crippen LogP contribution >= 0.6 is 11.6 Å². The zero-order chi connectivity index (χ0) is 12.1. The summed E-state index contributed by atoms with van der Waals surface area (Å²) < 4.78 is 5.79. The first-order valence-electron chi connectivity index (χ1n) is 5.68. The Labute approximate surface area is 108 Å². The standard InChI is InChI=1S/C15H8ClNO/c16-12-3-1-2-10-9(12)4-5-13-15(10)11-6-7-17-8-14(11)18-13/h1-8H. The number of hydrogen-bond donors (Lipinski definition) is 0. The van der Waals surface area contributed by atoms with Crippen molar-refractivity contribution in [2.24, 2.45) is 0 Å².